The number of likely N-dealkylation sites (tertiary alicyclic amines) is 6. The van der Waals surface area contributed by atoms with Gasteiger partial charge >= 0.3 is 0 Å². The Kier molecular flexibility index (Phi) is 40.0. The number of carbonyl (C=O) groups excluding carboxylic acids is 6. The molecule has 0 amide bonds. The van der Waals surface area contributed by atoms with Crippen molar-refractivity contribution in [3.8, 4) is 0 Å². The molecule has 6 N–H and O–H groups in total. The van der Waals surface area contributed by atoms with Crippen molar-refractivity contribution in [3.63, 3.8) is 0 Å². The van der Waals surface area contributed by atoms with Crippen molar-refractivity contribution in [2.75, 3.05) is 118 Å². The number of ketones is 6. The number of nitrogens with two attached hydrogens (primary N) is 2. The monoisotopic (exact) mass is 1060 g/mol. The normalized spacial score (nSPS) is 24.9. The summed E-state index contributed by atoms with van der Waals surface area (Å²) >= 11 is 0. The number of alkyl halides is 3. The minimum atomic E-state index is -2.55. The summed E-state index contributed by atoms with van der Waals surface area (Å²) < 4.78 is 38.5. The molecule has 6 aliphatic rings. The van der Waals surface area contributed by atoms with Gasteiger partial charge in [-0.15, -0.1) is 0 Å². The molecule has 0 radical (unpaired) electrons. The van der Waals surface area contributed by atoms with Gasteiger partial charge < -0.3 is 46.2 Å². The second-order valence-electron chi connectivity index (χ2n) is 21.6. The summed E-state index contributed by atoms with van der Waals surface area (Å²) in [4.78, 5) is 76.7. The van der Waals surface area contributed by atoms with E-state index in [0.717, 1.165) is 137 Å². The number of aliphatic hydroxyl groups excluding tert-OH is 2. The maximum absolute atomic E-state index is 12.9. The predicted molar refractivity (Wildman–Crippen MR) is 290 cm³/mol. The molecular formula is C55H105F3N8O8. The quantitative estimate of drug-likeness (QED) is 0.136. The summed E-state index contributed by atoms with van der Waals surface area (Å²) in [5, 5.41) is 18.6. The Morgan fingerprint density at radius 2 is 0.703 bits per heavy atom. The summed E-state index contributed by atoms with van der Waals surface area (Å²) in [6.07, 6.45) is 13.2. The van der Waals surface area contributed by atoms with Crippen LogP contribution in [0.15, 0.2) is 0 Å². The van der Waals surface area contributed by atoms with Crippen molar-refractivity contribution in [1.82, 2.24) is 29.4 Å². The van der Waals surface area contributed by atoms with Crippen molar-refractivity contribution in [3.05, 3.63) is 0 Å². The topological polar surface area (TPSA) is 214 Å². The second kappa shape index (κ2) is 41.5. The van der Waals surface area contributed by atoms with E-state index >= 15 is 0 Å². The molecule has 0 aromatic carbocycles. The highest BCUT2D eigenvalue weighted by atomic mass is 19.3. The van der Waals surface area contributed by atoms with E-state index in [0.29, 0.717) is 83.1 Å². The first-order valence-corrected chi connectivity index (χ1v) is 27.6. The molecule has 19 heteroatoms. The fraction of sp³-hybridized carbons (Fsp3) is 0.891. The van der Waals surface area contributed by atoms with Crippen LogP contribution in [-0.2, 0) is 28.8 Å². The predicted octanol–water partition coefficient (Wildman–Crippen LogP) is 5.35. The number of piperidine rings is 6. The number of aliphatic hydroxyl groups is 2. The van der Waals surface area contributed by atoms with E-state index < -0.39 is 12.1 Å². The Morgan fingerprint density at radius 1 is 0.432 bits per heavy atom. The largest absolute Gasteiger partial charge is 0.392 e. The van der Waals surface area contributed by atoms with Gasteiger partial charge in [0.15, 0.2) is 0 Å². The number of hydrogen-bond donors (Lipinski definition) is 4. The van der Waals surface area contributed by atoms with Crippen LogP contribution in [0.4, 0.5) is 13.2 Å². The standard InChI is InChI=1S/C9H15F2NO.C9H16FNO.2C9H18N2O.2C9H17NO2.CH4/c1-8(13)3-6-12-5-2-4-9(10,11)7-12;3*1-8(12)4-6-11-5-2-3-9(10)7-11;2*1-8(11)4-6-10-5-2-3-9(12)7-10;/h2-7H2,1H3;9H,2-7H2,1H3;2*9H,2-7,10H2,1H3;2*9,12H,2-7H2,1H3;1H4/t;2*9-;;9-;;/m.00.0../s1. The molecule has 6 heterocycles. The first-order chi connectivity index (χ1) is 34.4. The number of Topliss-reactive ketones (excluding diaryl/α,β-unsaturated/α-hetero) is 6. The van der Waals surface area contributed by atoms with Gasteiger partial charge in [-0.2, -0.15) is 0 Å². The lowest BCUT2D eigenvalue weighted by Crippen LogP contribution is -2.43. The number of halogens is 3. The Morgan fingerprint density at radius 3 is 0.986 bits per heavy atom. The van der Waals surface area contributed by atoms with Gasteiger partial charge in [-0.3, -0.25) is 33.7 Å². The zero-order valence-electron chi connectivity index (χ0n) is 46.2. The molecule has 0 saturated carbocycles. The van der Waals surface area contributed by atoms with E-state index in [4.69, 9.17) is 11.5 Å². The lowest BCUT2D eigenvalue weighted by Gasteiger charge is -2.32. The first kappa shape index (κ1) is 71.4. The van der Waals surface area contributed by atoms with Gasteiger partial charge in [0.2, 0.25) is 0 Å². The third kappa shape index (κ3) is 40.6. The molecule has 0 spiro atoms. The molecule has 0 aromatic rings. The van der Waals surface area contributed by atoms with Crippen LogP contribution < -0.4 is 11.5 Å². The maximum Gasteiger partial charge on any atom is 0.260 e. The van der Waals surface area contributed by atoms with Crippen molar-refractivity contribution in [1.29, 1.82) is 0 Å². The Bertz CT molecular complexity index is 1360. The molecule has 6 rings (SSSR count). The van der Waals surface area contributed by atoms with Crippen LogP contribution in [0.3, 0.4) is 0 Å². The Labute approximate surface area is 445 Å². The van der Waals surface area contributed by atoms with Crippen LogP contribution >= 0.6 is 0 Å². The average molecular weight is 1060 g/mol. The van der Waals surface area contributed by atoms with Crippen LogP contribution in [-0.4, -0.2) is 229 Å². The molecular weight excluding hydrogens is 958 g/mol. The van der Waals surface area contributed by atoms with E-state index in [2.05, 4.69) is 19.6 Å². The van der Waals surface area contributed by atoms with Crippen molar-refractivity contribution >= 4 is 34.7 Å². The van der Waals surface area contributed by atoms with Crippen molar-refractivity contribution in [2.45, 2.75) is 201 Å². The van der Waals surface area contributed by atoms with E-state index in [1.54, 1.807) is 39.5 Å². The SMILES string of the molecule is C.CC(=O)CCN1CCCC(F)(F)C1.CC(=O)CCN1CCCC(N)C1.CC(=O)CCN1CCCC(O)C1.CC(=O)CCN1CCC[C@H](F)C1.CC(=O)CCN1CCC[C@H](N)C1.CC(=O)CCN1CCC[C@H](O)C1. The van der Waals surface area contributed by atoms with Gasteiger partial charge in [0.05, 0.1) is 18.8 Å². The number of β-amino-alcohol motifs (C(OH)–C–C–N with tert-alkyl or cyclic N) is 2. The Hall–Kier alpha value is -2.59. The summed E-state index contributed by atoms with van der Waals surface area (Å²) in [6, 6.07) is 0.649. The van der Waals surface area contributed by atoms with Crippen LogP contribution in [0, 0.1) is 0 Å². The molecule has 2 unspecified atom stereocenters. The number of hydrogen-bond acceptors (Lipinski definition) is 16. The lowest BCUT2D eigenvalue weighted by atomic mass is 10.1. The molecule has 0 bridgehead atoms. The fourth-order valence-electron chi connectivity index (χ4n) is 9.39. The van der Waals surface area contributed by atoms with Crippen molar-refractivity contribution < 1.29 is 52.2 Å². The van der Waals surface area contributed by atoms with Gasteiger partial charge in [-0.05, 0) is 151 Å². The van der Waals surface area contributed by atoms with Crippen LogP contribution in [0.5, 0.6) is 0 Å². The molecule has 0 aliphatic carbocycles. The first-order valence-electron chi connectivity index (χ1n) is 27.6. The summed E-state index contributed by atoms with van der Waals surface area (Å²) in [6.45, 7) is 23.9. The van der Waals surface area contributed by atoms with Crippen LogP contribution in [0.2, 0.25) is 0 Å². The Balaban J connectivity index is 0.000000862. The number of nitrogens with zero attached hydrogens (tertiary/aromatic N) is 6. The van der Waals surface area contributed by atoms with Gasteiger partial charge in [-0.1, -0.05) is 7.43 Å². The van der Waals surface area contributed by atoms with Gasteiger partial charge in [-0.25, -0.2) is 13.2 Å². The molecule has 6 saturated heterocycles. The zero-order valence-corrected chi connectivity index (χ0v) is 46.2. The molecule has 0 aromatic heterocycles. The van der Waals surface area contributed by atoms with E-state index in [9.17, 15) is 52.2 Å². The highest BCUT2D eigenvalue weighted by molar-refractivity contribution is 5.77. The van der Waals surface area contributed by atoms with Gasteiger partial charge in [0.25, 0.3) is 5.92 Å². The van der Waals surface area contributed by atoms with Crippen LogP contribution in [0.1, 0.15) is 165 Å². The van der Waals surface area contributed by atoms with Crippen LogP contribution in [0.25, 0.3) is 0 Å². The molecule has 434 valence electrons. The second-order valence-corrected chi connectivity index (χ2v) is 21.6. The maximum atomic E-state index is 12.9. The average Bonchev–Trinajstić information content (AvgIpc) is 3.31. The number of carbonyl (C=O) groups is 6. The molecule has 6 aliphatic heterocycles. The molecule has 6 fully saturated rings. The third-order valence-corrected chi connectivity index (χ3v) is 13.6. The minimum absolute atomic E-state index is 0. The highest BCUT2D eigenvalue weighted by Gasteiger charge is 2.34. The third-order valence-electron chi connectivity index (χ3n) is 13.6. The van der Waals surface area contributed by atoms with E-state index in [-0.39, 0.29) is 67.3 Å². The summed E-state index contributed by atoms with van der Waals surface area (Å²) in [5.41, 5.74) is 11.6. The molecule has 16 nitrogen and oxygen atoms in total. The van der Waals surface area contributed by atoms with E-state index in [1.807, 2.05) is 4.90 Å². The van der Waals surface area contributed by atoms with E-state index in [1.165, 1.54) is 19.8 Å². The smallest absolute Gasteiger partial charge is 0.260 e. The van der Waals surface area contributed by atoms with Crippen molar-refractivity contribution in [2.24, 2.45) is 11.5 Å². The van der Waals surface area contributed by atoms with Gasteiger partial charge in [0, 0.05) is 129 Å². The summed E-state index contributed by atoms with van der Waals surface area (Å²) in [7, 11) is 0. The van der Waals surface area contributed by atoms with Gasteiger partial charge in [0.1, 0.15) is 40.9 Å². The lowest BCUT2D eigenvalue weighted by molar-refractivity contribution is -0.118. The summed E-state index contributed by atoms with van der Waals surface area (Å²) in [5.74, 6) is -1.28. The molecule has 74 heavy (non-hydrogen) atoms. The zero-order chi connectivity index (χ0) is 54.8. The fourth-order valence-corrected chi connectivity index (χ4v) is 9.39. The number of rotatable bonds is 18. The minimum Gasteiger partial charge on any atom is -0.392 e. The highest BCUT2D eigenvalue weighted by Crippen LogP contribution is 2.26. The molecule has 5 atom stereocenters.